The Morgan fingerprint density at radius 2 is 1.93 bits per heavy atom. The van der Waals surface area contributed by atoms with E-state index in [2.05, 4.69) is 33.8 Å². The average Bonchev–Trinajstić information content (AvgIpc) is 2.02. The Morgan fingerprint density at radius 1 is 1.36 bits per heavy atom. The number of allylic oxidation sites excluding steroid dienone is 3. The minimum absolute atomic E-state index is 0.0218. The Labute approximate surface area is 85.9 Å². The summed E-state index contributed by atoms with van der Waals surface area (Å²) in [5.74, 6) is -0.449. The molecule has 0 aliphatic heterocycles. The molecule has 0 bridgehead atoms. The lowest BCUT2D eigenvalue weighted by Crippen LogP contribution is -2.44. The molecule has 0 radical (unpaired) electrons. The van der Waals surface area contributed by atoms with E-state index in [0.717, 1.165) is 0 Å². The van der Waals surface area contributed by atoms with Crippen molar-refractivity contribution in [3.05, 3.63) is 24.3 Å². The van der Waals surface area contributed by atoms with Crippen LogP contribution in [0.4, 0.5) is 0 Å². The average molecular weight is 193 g/mol. The zero-order valence-corrected chi connectivity index (χ0v) is 9.37. The van der Waals surface area contributed by atoms with Crippen LogP contribution in [0.15, 0.2) is 24.3 Å². The monoisotopic (exact) mass is 193 g/mol. The van der Waals surface area contributed by atoms with Gasteiger partial charge in [0.2, 0.25) is 5.91 Å². The number of hydrogen-bond acceptors (Lipinski definition) is 1. The molecule has 2 atom stereocenters. The zero-order chi connectivity index (χ0) is 11.0. The molecule has 0 saturated carbocycles. The molecule has 0 heterocycles. The van der Waals surface area contributed by atoms with E-state index in [0.29, 0.717) is 0 Å². The number of nitrogens with two attached hydrogens (primary N) is 1. The van der Waals surface area contributed by atoms with Crippen molar-refractivity contribution in [3.63, 3.8) is 0 Å². The first-order chi connectivity index (χ1) is 6.29. The minimum Gasteiger partial charge on any atom is -0.369 e. The van der Waals surface area contributed by atoms with Crippen LogP contribution in [0.2, 0.25) is 0 Å². The minimum atomic E-state index is -0.247. The first kappa shape index (κ1) is 11.0. The van der Waals surface area contributed by atoms with E-state index in [9.17, 15) is 4.79 Å². The molecule has 0 spiro atoms. The summed E-state index contributed by atoms with van der Waals surface area (Å²) in [5.41, 5.74) is 5.25. The standard InChI is InChI=1S/C12H19NO/c1-11(2,3)12(4)8-6-5-7-9(12)10(13)14/h5-9H,1-4H3,(H2,13,14). The SMILES string of the molecule is CC(C)(C)C1(C)C=CC=CC1C(N)=O. The summed E-state index contributed by atoms with van der Waals surface area (Å²) < 4.78 is 0. The molecular formula is C12H19NO. The Kier molecular flexibility index (Phi) is 2.57. The van der Waals surface area contributed by atoms with Gasteiger partial charge in [0.1, 0.15) is 0 Å². The maximum atomic E-state index is 11.4. The van der Waals surface area contributed by atoms with Gasteiger partial charge in [-0.15, -0.1) is 0 Å². The van der Waals surface area contributed by atoms with Crippen molar-refractivity contribution in [2.24, 2.45) is 22.5 Å². The topological polar surface area (TPSA) is 43.1 Å². The van der Waals surface area contributed by atoms with Gasteiger partial charge in [0.25, 0.3) is 0 Å². The molecule has 2 heteroatoms. The molecule has 2 nitrogen and oxygen atoms in total. The molecule has 0 saturated heterocycles. The molecule has 14 heavy (non-hydrogen) atoms. The van der Waals surface area contributed by atoms with Crippen LogP contribution < -0.4 is 5.73 Å². The van der Waals surface area contributed by atoms with Crippen molar-refractivity contribution < 1.29 is 4.79 Å². The number of primary amides is 1. The highest BCUT2D eigenvalue weighted by Crippen LogP contribution is 2.47. The van der Waals surface area contributed by atoms with Crippen molar-refractivity contribution in [1.82, 2.24) is 0 Å². The predicted molar refractivity (Wildman–Crippen MR) is 58.5 cm³/mol. The third-order valence-electron chi connectivity index (χ3n) is 3.43. The van der Waals surface area contributed by atoms with E-state index in [-0.39, 0.29) is 22.7 Å². The van der Waals surface area contributed by atoms with E-state index in [4.69, 9.17) is 5.73 Å². The van der Waals surface area contributed by atoms with Gasteiger partial charge in [-0.3, -0.25) is 4.79 Å². The summed E-state index contributed by atoms with van der Waals surface area (Å²) in [6, 6.07) is 0. The van der Waals surface area contributed by atoms with Gasteiger partial charge in [-0.05, 0) is 5.41 Å². The van der Waals surface area contributed by atoms with Crippen LogP contribution in [-0.2, 0) is 4.79 Å². The van der Waals surface area contributed by atoms with Crippen molar-refractivity contribution in [1.29, 1.82) is 0 Å². The van der Waals surface area contributed by atoms with Crippen LogP contribution in [0.5, 0.6) is 0 Å². The molecule has 0 fully saturated rings. The Bertz CT molecular complexity index is 296. The van der Waals surface area contributed by atoms with Crippen molar-refractivity contribution in [3.8, 4) is 0 Å². The van der Waals surface area contributed by atoms with Crippen LogP contribution in [-0.4, -0.2) is 5.91 Å². The predicted octanol–water partition coefficient (Wildman–Crippen LogP) is 2.27. The molecule has 0 aromatic carbocycles. The second-order valence-electron chi connectivity index (χ2n) is 5.16. The molecule has 2 N–H and O–H groups in total. The zero-order valence-electron chi connectivity index (χ0n) is 9.37. The van der Waals surface area contributed by atoms with E-state index >= 15 is 0 Å². The van der Waals surface area contributed by atoms with E-state index in [1.54, 1.807) is 0 Å². The van der Waals surface area contributed by atoms with Crippen molar-refractivity contribution in [2.75, 3.05) is 0 Å². The van der Waals surface area contributed by atoms with Crippen LogP contribution >= 0.6 is 0 Å². The largest absolute Gasteiger partial charge is 0.369 e. The fourth-order valence-electron chi connectivity index (χ4n) is 1.84. The molecular weight excluding hydrogens is 174 g/mol. The van der Waals surface area contributed by atoms with Gasteiger partial charge >= 0.3 is 0 Å². The molecule has 78 valence electrons. The number of carbonyl (C=O) groups excluding carboxylic acids is 1. The molecule has 1 rings (SSSR count). The molecule has 1 aliphatic rings. The highest BCUT2D eigenvalue weighted by Gasteiger charge is 2.44. The summed E-state index contributed by atoms with van der Waals surface area (Å²) >= 11 is 0. The number of carbonyl (C=O) groups is 1. The molecule has 1 amide bonds. The second kappa shape index (κ2) is 3.26. The second-order valence-corrected chi connectivity index (χ2v) is 5.16. The van der Waals surface area contributed by atoms with Gasteiger partial charge in [-0.25, -0.2) is 0 Å². The fourth-order valence-corrected chi connectivity index (χ4v) is 1.84. The van der Waals surface area contributed by atoms with Crippen molar-refractivity contribution in [2.45, 2.75) is 27.7 Å². The van der Waals surface area contributed by atoms with Gasteiger partial charge in [0.05, 0.1) is 5.92 Å². The molecule has 1 aliphatic carbocycles. The van der Waals surface area contributed by atoms with E-state index < -0.39 is 0 Å². The van der Waals surface area contributed by atoms with Crippen LogP contribution in [0.3, 0.4) is 0 Å². The number of amides is 1. The van der Waals surface area contributed by atoms with Crippen LogP contribution in [0.25, 0.3) is 0 Å². The summed E-state index contributed by atoms with van der Waals surface area (Å²) in [4.78, 5) is 11.4. The van der Waals surface area contributed by atoms with Gasteiger partial charge in [0, 0.05) is 5.41 Å². The van der Waals surface area contributed by atoms with Gasteiger partial charge < -0.3 is 5.73 Å². The van der Waals surface area contributed by atoms with E-state index in [1.807, 2.05) is 18.2 Å². The molecule has 0 aromatic rings. The Hall–Kier alpha value is -1.05. The van der Waals surface area contributed by atoms with Crippen LogP contribution in [0.1, 0.15) is 27.7 Å². The first-order valence-corrected chi connectivity index (χ1v) is 4.94. The van der Waals surface area contributed by atoms with Crippen LogP contribution in [0, 0.1) is 16.7 Å². The summed E-state index contributed by atoms with van der Waals surface area (Å²) in [7, 11) is 0. The van der Waals surface area contributed by atoms with Gasteiger partial charge in [0.15, 0.2) is 0 Å². The maximum absolute atomic E-state index is 11.4. The maximum Gasteiger partial charge on any atom is 0.225 e. The van der Waals surface area contributed by atoms with Gasteiger partial charge in [-0.1, -0.05) is 52.0 Å². The summed E-state index contributed by atoms with van der Waals surface area (Å²) in [5, 5.41) is 0. The van der Waals surface area contributed by atoms with Crippen molar-refractivity contribution >= 4 is 5.91 Å². The number of rotatable bonds is 1. The summed E-state index contributed by atoms with van der Waals surface area (Å²) in [6.07, 6.45) is 7.86. The van der Waals surface area contributed by atoms with Gasteiger partial charge in [-0.2, -0.15) is 0 Å². The molecule has 0 aromatic heterocycles. The Morgan fingerprint density at radius 3 is 2.29 bits per heavy atom. The third-order valence-corrected chi connectivity index (χ3v) is 3.43. The lowest BCUT2D eigenvalue weighted by molar-refractivity contribution is -0.124. The Balaban J connectivity index is 3.13. The highest BCUT2D eigenvalue weighted by molar-refractivity contribution is 5.80. The highest BCUT2D eigenvalue weighted by atomic mass is 16.1. The first-order valence-electron chi connectivity index (χ1n) is 4.94. The third kappa shape index (κ3) is 1.61. The smallest absolute Gasteiger partial charge is 0.225 e. The molecule has 2 unspecified atom stereocenters. The normalized spacial score (nSPS) is 31.9. The summed E-state index contributed by atoms with van der Waals surface area (Å²) in [6.45, 7) is 8.48. The number of hydrogen-bond donors (Lipinski definition) is 1. The lowest BCUT2D eigenvalue weighted by Gasteiger charge is -2.44. The lowest BCUT2D eigenvalue weighted by atomic mass is 9.59. The van der Waals surface area contributed by atoms with E-state index in [1.165, 1.54) is 0 Å². The quantitative estimate of drug-likeness (QED) is 0.682. The fraction of sp³-hybridized carbons (Fsp3) is 0.583.